The average molecular weight is 192 g/mol. The highest BCUT2D eigenvalue weighted by Gasteiger charge is 2.39. The SMILES string of the molecule is CC1(C)C=CC(C=O)CC1C1CCC1. The molecule has 1 fully saturated rings. The molecule has 78 valence electrons. The summed E-state index contributed by atoms with van der Waals surface area (Å²) in [5, 5.41) is 0. The number of hydrogen-bond acceptors (Lipinski definition) is 1. The second-order valence-corrected chi connectivity index (χ2v) is 5.51. The van der Waals surface area contributed by atoms with Gasteiger partial charge in [-0.3, -0.25) is 0 Å². The first-order valence-corrected chi connectivity index (χ1v) is 5.78. The van der Waals surface area contributed by atoms with Crippen molar-refractivity contribution in [1.82, 2.24) is 0 Å². The van der Waals surface area contributed by atoms with Crippen LogP contribution in [0.3, 0.4) is 0 Å². The van der Waals surface area contributed by atoms with Crippen LogP contribution in [0, 0.1) is 23.2 Å². The molecular formula is C13H20O. The minimum absolute atomic E-state index is 0.189. The molecule has 2 unspecified atom stereocenters. The van der Waals surface area contributed by atoms with E-state index in [1.807, 2.05) is 0 Å². The maximum Gasteiger partial charge on any atom is 0.126 e. The van der Waals surface area contributed by atoms with Crippen molar-refractivity contribution in [2.75, 3.05) is 0 Å². The molecule has 2 aliphatic rings. The number of allylic oxidation sites excluding steroid dienone is 2. The van der Waals surface area contributed by atoms with Crippen molar-refractivity contribution in [3.05, 3.63) is 12.2 Å². The molecule has 0 saturated heterocycles. The van der Waals surface area contributed by atoms with Gasteiger partial charge in [-0.15, -0.1) is 0 Å². The van der Waals surface area contributed by atoms with Crippen LogP contribution in [0.4, 0.5) is 0 Å². The van der Waals surface area contributed by atoms with Crippen molar-refractivity contribution in [2.45, 2.75) is 39.5 Å². The molecule has 0 N–H and O–H groups in total. The smallest absolute Gasteiger partial charge is 0.126 e. The Labute approximate surface area is 86.6 Å². The van der Waals surface area contributed by atoms with E-state index in [1.165, 1.54) is 19.3 Å². The van der Waals surface area contributed by atoms with Crippen LogP contribution >= 0.6 is 0 Å². The molecule has 2 rings (SSSR count). The van der Waals surface area contributed by atoms with Gasteiger partial charge in [-0.25, -0.2) is 0 Å². The maximum atomic E-state index is 10.8. The van der Waals surface area contributed by atoms with Crippen LogP contribution in [-0.4, -0.2) is 6.29 Å². The molecule has 0 aliphatic heterocycles. The van der Waals surface area contributed by atoms with Gasteiger partial charge < -0.3 is 4.79 Å². The fourth-order valence-corrected chi connectivity index (χ4v) is 2.91. The van der Waals surface area contributed by atoms with Crippen LogP contribution in [0.2, 0.25) is 0 Å². The maximum absolute atomic E-state index is 10.8. The van der Waals surface area contributed by atoms with Crippen LogP contribution in [0.5, 0.6) is 0 Å². The van der Waals surface area contributed by atoms with Gasteiger partial charge in [-0.05, 0) is 23.7 Å². The van der Waals surface area contributed by atoms with Crippen LogP contribution in [-0.2, 0) is 4.79 Å². The third-order valence-corrected chi connectivity index (χ3v) is 4.15. The molecule has 0 heterocycles. The Morgan fingerprint density at radius 2 is 2.07 bits per heavy atom. The number of aldehydes is 1. The highest BCUT2D eigenvalue weighted by atomic mass is 16.1. The summed E-state index contributed by atoms with van der Waals surface area (Å²) in [6.07, 6.45) is 10.7. The molecule has 0 aromatic rings. The molecule has 1 nitrogen and oxygen atoms in total. The Morgan fingerprint density at radius 1 is 1.36 bits per heavy atom. The quantitative estimate of drug-likeness (QED) is 0.485. The van der Waals surface area contributed by atoms with Gasteiger partial charge in [-0.1, -0.05) is 45.3 Å². The topological polar surface area (TPSA) is 17.1 Å². The predicted octanol–water partition coefficient (Wildman–Crippen LogP) is 3.20. The first kappa shape index (κ1) is 9.95. The molecule has 0 bridgehead atoms. The van der Waals surface area contributed by atoms with E-state index in [1.54, 1.807) is 0 Å². The molecule has 0 radical (unpaired) electrons. The molecule has 14 heavy (non-hydrogen) atoms. The van der Waals surface area contributed by atoms with E-state index in [0.717, 1.165) is 24.5 Å². The largest absolute Gasteiger partial charge is 0.303 e. The Balaban J connectivity index is 2.13. The van der Waals surface area contributed by atoms with Crippen molar-refractivity contribution < 1.29 is 4.79 Å². The first-order valence-electron chi connectivity index (χ1n) is 5.78. The second-order valence-electron chi connectivity index (χ2n) is 5.51. The van der Waals surface area contributed by atoms with Crippen LogP contribution in [0.1, 0.15) is 39.5 Å². The van der Waals surface area contributed by atoms with Gasteiger partial charge >= 0.3 is 0 Å². The van der Waals surface area contributed by atoms with E-state index in [4.69, 9.17) is 0 Å². The lowest BCUT2D eigenvalue weighted by molar-refractivity contribution is -0.111. The van der Waals surface area contributed by atoms with E-state index in [9.17, 15) is 4.79 Å². The predicted molar refractivity (Wildman–Crippen MR) is 57.9 cm³/mol. The molecule has 0 aromatic carbocycles. The van der Waals surface area contributed by atoms with Crippen molar-refractivity contribution in [3.63, 3.8) is 0 Å². The number of rotatable bonds is 2. The molecule has 1 saturated carbocycles. The van der Waals surface area contributed by atoms with Gasteiger partial charge in [0.05, 0.1) is 0 Å². The van der Waals surface area contributed by atoms with Crippen molar-refractivity contribution in [1.29, 1.82) is 0 Å². The zero-order chi connectivity index (χ0) is 10.2. The lowest BCUT2D eigenvalue weighted by Crippen LogP contribution is -2.37. The lowest BCUT2D eigenvalue weighted by atomic mass is 9.60. The lowest BCUT2D eigenvalue weighted by Gasteiger charge is -2.45. The fourth-order valence-electron chi connectivity index (χ4n) is 2.91. The van der Waals surface area contributed by atoms with Gasteiger partial charge in [0.2, 0.25) is 0 Å². The van der Waals surface area contributed by atoms with Gasteiger partial charge in [0.15, 0.2) is 0 Å². The normalized spacial score (nSPS) is 36.4. The summed E-state index contributed by atoms with van der Waals surface area (Å²) in [5.41, 5.74) is 0.310. The number of carbonyl (C=O) groups is 1. The summed E-state index contributed by atoms with van der Waals surface area (Å²) in [6.45, 7) is 4.63. The molecular weight excluding hydrogens is 172 g/mol. The molecule has 0 aromatic heterocycles. The van der Waals surface area contributed by atoms with Crippen molar-refractivity contribution >= 4 is 6.29 Å². The van der Waals surface area contributed by atoms with Gasteiger partial charge in [0, 0.05) is 5.92 Å². The van der Waals surface area contributed by atoms with Crippen molar-refractivity contribution in [3.8, 4) is 0 Å². The number of hydrogen-bond donors (Lipinski definition) is 0. The Hall–Kier alpha value is -0.590. The summed E-state index contributed by atoms with van der Waals surface area (Å²) < 4.78 is 0. The summed E-state index contributed by atoms with van der Waals surface area (Å²) in [4.78, 5) is 10.8. The average Bonchev–Trinajstić information content (AvgIpc) is 2.05. The van der Waals surface area contributed by atoms with Crippen molar-refractivity contribution in [2.24, 2.45) is 23.2 Å². The van der Waals surface area contributed by atoms with E-state index >= 15 is 0 Å². The number of carbonyl (C=O) groups excluding carboxylic acids is 1. The van der Waals surface area contributed by atoms with Crippen LogP contribution in [0.25, 0.3) is 0 Å². The Morgan fingerprint density at radius 3 is 2.57 bits per heavy atom. The van der Waals surface area contributed by atoms with Gasteiger partial charge in [0.1, 0.15) is 6.29 Å². The zero-order valence-electron chi connectivity index (χ0n) is 9.20. The Kier molecular flexibility index (Phi) is 2.50. The summed E-state index contributed by atoms with van der Waals surface area (Å²) in [5.74, 6) is 1.81. The van der Waals surface area contributed by atoms with Crippen LogP contribution < -0.4 is 0 Å². The molecule has 2 atom stereocenters. The minimum Gasteiger partial charge on any atom is -0.303 e. The summed E-state index contributed by atoms with van der Waals surface area (Å²) in [7, 11) is 0. The standard InChI is InChI=1S/C13H20O/c1-13(2)7-6-10(9-14)8-12(13)11-4-3-5-11/h6-7,9-12H,3-5,8H2,1-2H3. The molecule has 0 amide bonds. The third kappa shape index (κ3) is 1.65. The van der Waals surface area contributed by atoms with E-state index < -0.39 is 0 Å². The van der Waals surface area contributed by atoms with E-state index in [2.05, 4.69) is 26.0 Å². The fraction of sp³-hybridized carbons (Fsp3) is 0.769. The third-order valence-electron chi connectivity index (χ3n) is 4.15. The molecule has 0 spiro atoms. The molecule has 1 heteroatoms. The monoisotopic (exact) mass is 192 g/mol. The highest BCUT2D eigenvalue weighted by molar-refractivity contribution is 5.57. The highest BCUT2D eigenvalue weighted by Crippen LogP contribution is 2.48. The minimum atomic E-state index is 0.189. The van der Waals surface area contributed by atoms with Gasteiger partial charge in [-0.2, -0.15) is 0 Å². The zero-order valence-corrected chi connectivity index (χ0v) is 9.20. The summed E-state index contributed by atoms with van der Waals surface area (Å²) >= 11 is 0. The van der Waals surface area contributed by atoms with E-state index in [0.29, 0.717) is 5.41 Å². The first-order chi connectivity index (χ1) is 6.63. The second kappa shape index (κ2) is 3.52. The van der Waals surface area contributed by atoms with Crippen LogP contribution in [0.15, 0.2) is 12.2 Å². The van der Waals surface area contributed by atoms with E-state index in [-0.39, 0.29) is 5.92 Å². The Bertz CT molecular complexity index is 248. The summed E-state index contributed by atoms with van der Waals surface area (Å²) in [6, 6.07) is 0. The molecule has 2 aliphatic carbocycles. The van der Waals surface area contributed by atoms with Gasteiger partial charge in [0.25, 0.3) is 0 Å².